The zero-order valence-corrected chi connectivity index (χ0v) is 30.0. The van der Waals surface area contributed by atoms with E-state index in [0.29, 0.717) is 29.5 Å². The Labute approximate surface area is 312 Å². The summed E-state index contributed by atoms with van der Waals surface area (Å²) in [6.45, 7) is 2.76. The highest BCUT2D eigenvalue weighted by Crippen LogP contribution is 2.48. The van der Waals surface area contributed by atoms with E-state index < -0.39 is 23.0 Å². The van der Waals surface area contributed by atoms with Crippen molar-refractivity contribution in [2.75, 3.05) is 19.8 Å². The van der Waals surface area contributed by atoms with Crippen LogP contribution in [0.5, 0.6) is 11.5 Å². The molecule has 0 aliphatic carbocycles. The highest BCUT2D eigenvalue weighted by Gasteiger charge is 2.54. The molecule has 2 saturated heterocycles. The van der Waals surface area contributed by atoms with E-state index in [1.165, 1.54) is 4.90 Å². The van der Waals surface area contributed by atoms with Crippen LogP contribution < -0.4 is 9.47 Å². The minimum atomic E-state index is -1.15. The zero-order valence-electron chi connectivity index (χ0n) is 28.5. The summed E-state index contributed by atoms with van der Waals surface area (Å²) < 4.78 is 17.3. The Morgan fingerprint density at radius 1 is 0.769 bits per heavy atom. The van der Waals surface area contributed by atoms with Gasteiger partial charge in [0.05, 0.1) is 17.8 Å². The van der Waals surface area contributed by atoms with Gasteiger partial charge in [-0.25, -0.2) is 4.79 Å². The van der Waals surface area contributed by atoms with Crippen LogP contribution in [0.2, 0.25) is 5.02 Å². The Balaban J connectivity index is 1.01. The number of hydrogen-bond donors (Lipinski definition) is 0. The molecule has 1 unspecified atom stereocenters. The fourth-order valence-corrected chi connectivity index (χ4v) is 8.03. The Hall–Kier alpha value is -5.25. The quantitative estimate of drug-likeness (QED) is 0.112. The number of carbonyl (C=O) groups excluding carboxylic acids is 3. The molecule has 0 bridgehead atoms. The molecule has 0 saturated carbocycles. The van der Waals surface area contributed by atoms with E-state index in [0.717, 1.165) is 34.0 Å². The van der Waals surface area contributed by atoms with Crippen LogP contribution in [-0.2, 0) is 21.5 Å². The molecule has 7 rings (SSSR count). The van der Waals surface area contributed by atoms with Crippen molar-refractivity contribution in [2.24, 2.45) is 0 Å². The Kier molecular flexibility index (Phi) is 10.5. The summed E-state index contributed by atoms with van der Waals surface area (Å²) >= 11 is 7.10. The molecule has 0 radical (unpaired) electrons. The van der Waals surface area contributed by atoms with E-state index in [9.17, 15) is 14.4 Å². The predicted octanol–water partition coefficient (Wildman–Crippen LogP) is 8.61. The first kappa shape index (κ1) is 35.2. The van der Waals surface area contributed by atoms with Crippen LogP contribution in [0.3, 0.4) is 0 Å². The van der Waals surface area contributed by atoms with Gasteiger partial charge in [0.15, 0.2) is 6.10 Å². The zero-order chi connectivity index (χ0) is 36.1. The number of rotatable bonds is 13. The SMILES string of the molecule is C[C@H](COc1ccc(CC2SC(=O)N(C(c3ccccc3)(c3ccccc3)c3ccccc3)C2=O)cc1)N1C[C@H](COc2cccc(Cl)c2)OC1=O. The average molecular weight is 733 g/mol. The van der Waals surface area contributed by atoms with E-state index >= 15 is 0 Å². The summed E-state index contributed by atoms with van der Waals surface area (Å²) in [5, 5.41) is -0.326. The van der Waals surface area contributed by atoms with Gasteiger partial charge in [0.1, 0.15) is 30.3 Å². The van der Waals surface area contributed by atoms with Crippen molar-refractivity contribution >= 4 is 40.6 Å². The number of imide groups is 1. The number of halogens is 1. The Morgan fingerprint density at radius 2 is 1.37 bits per heavy atom. The first-order chi connectivity index (χ1) is 25.3. The van der Waals surface area contributed by atoms with E-state index in [4.69, 9.17) is 25.8 Å². The summed E-state index contributed by atoms with van der Waals surface area (Å²) in [6.07, 6.45) is -0.454. The number of ether oxygens (including phenoxy) is 3. The van der Waals surface area contributed by atoms with Gasteiger partial charge in [0.25, 0.3) is 5.24 Å². The van der Waals surface area contributed by atoms with Crippen molar-refractivity contribution < 1.29 is 28.6 Å². The number of hydrogen-bond acceptors (Lipinski definition) is 7. The van der Waals surface area contributed by atoms with Crippen molar-refractivity contribution in [1.82, 2.24) is 9.80 Å². The van der Waals surface area contributed by atoms with Gasteiger partial charge in [-0.1, -0.05) is 133 Å². The van der Waals surface area contributed by atoms with Crippen LogP contribution in [0.4, 0.5) is 9.59 Å². The molecular weight excluding hydrogens is 696 g/mol. The van der Waals surface area contributed by atoms with E-state index in [1.54, 1.807) is 29.2 Å². The van der Waals surface area contributed by atoms with Crippen molar-refractivity contribution in [1.29, 1.82) is 0 Å². The van der Waals surface area contributed by atoms with Crippen molar-refractivity contribution in [3.63, 3.8) is 0 Å². The van der Waals surface area contributed by atoms with E-state index in [-0.39, 0.29) is 30.4 Å². The third kappa shape index (κ3) is 7.24. The molecule has 0 N–H and O–H groups in total. The molecule has 5 aromatic carbocycles. The number of thioether (sulfide) groups is 1. The van der Waals surface area contributed by atoms with Crippen molar-refractivity contribution in [3.05, 3.63) is 167 Å². The topological polar surface area (TPSA) is 85.4 Å². The molecule has 2 fully saturated rings. The lowest BCUT2D eigenvalue weighted by atomic mass is 9.75. The predicted molar refractivity (Wildman–Crippen MR) is 202 cm³/mol. The van der Waals surface area contributed by atoms with E-state index in [2.05, 4.69) is 0 Å². The molecule has 0 spiro atoms. The van der Waals surface area contributed by atoms with Gasteiger partial charge in [-0.3, -0.25) is 19.4 Å². The van der Waals surface area contributed by atoms with Gasteiger partial charge in [-0.2, -0.15) is 0 Å². The molecule has 5 aromatic rings. The fraction of sp³-hybridized carbons (Fsp3) is 0.214. The van der Waals surface area contributed by atoms with Crippen LogP contribution >= 0.6 is 23.4 Å². The Morgan fingerprint density at radius 3 is 1.94 bits per heavy atom. The molecule has 0 aromatic heterocycles. The van der Waals surface area contributed by atoms with Gasteiger partial charge in [-0.15, -0.1) is 0 Å². The number of cyclic esters (lactones) is 1. The normalized spacial score (nSPS) is 18.0. The van der Waals surface area contributed by atoms with Crippen LogP contribution in [0, 0.1) is 0 Å². The van der Waals surface area contributed by atoms with Gasteiger partial charge in [-0.05, 0) is 65.9 Å². The van der Waals surface area contributed by atoms with Gasteiger partial charge in [0, 0.05) is 5.02 Å². The summed E-state index contributed by atoms with van der Waals surface area (Å²) in [4.78, 5) is 44.1. The average Bonchev–Trinajstić information content (AvgIpc) is 3.69. The van der Waals surface area contributed by atoms with Gasteiger partial charge >= 0.3 is 6.09 Å². The van der Waals surface area contributed by atoms with E-state index in [1.807, 2.05) is 122 Å². The van der Waals surface area contributed by atoms with Crippen LogP contribution in [0.1, 0.15) is 29.2 Å². The van der Waals surface area contributed by atoms with Crippen molar-refractivity contribution in [3.8, 4) is 11.5 Å². The number of nitrogens with zero attached hydrogens (tertiary/aromatic N) is 2. The fourth-order valence-electron chi connectivity index (χ4n) is 6.79. The lowest BCUT2D eigenvalue weighted by Gasteiger charge is -2.42. The van der Waals surface area contributed by atoms with Crippen LogP contribution in [0.25, 0.3) is 0 Å². The Bertz CT molecular complexity index is 1920. The molecule has 2 heterocycles. The largest absolute Gasteiger partial charge is 0.491 e. The lowest BCUT2D eigenvalue weighted by Crippen LogP contribution is -2.51. The minimum absolute atomic E-state index is 0.217. The first-order valence-electron chi connectivity index (χ1n) is 17.1. The second kappa shape index (κ2) is 15.6. The van der Waals surface area contributed by atoms with Crippen LogP contribution in [0.15, 0.2) is 140 Å². The number of benzene rings is 5. The maximum absolute atomic E-state index is 14.4. The maximum Gasteiger partial charge on any atom is 0.410 e. The summed E-state index contributed by atoms with van der Waals surface area (Å²) in [5.74, 6) is 0.999. The second-order valence-electron chi connectivity index (χ2n) is 12.8. The summed E-state index contributed by atoms with van der Waals surface area (Å²) in [6, 6.07) is 43.6. The number of amides is 3. The molecule has 2 aliphatic heterocycles. The maximum atomic E-state index is 14.4. The van der Waals surface area contributed by atoms with Crippen LogP contribution in [-0.4, -0.2) is 64.2 Å². The summed E-state index contributed by atoms with van der Waals surface area (Å²) in [7, 11) is 0. The molecule has 3 amide bonds. The molecule has 3 atom stereocenters. The molecule has 2 aliphatic rings. The lowest BCUT2D eigenvalue weighted by molar-refractivity contribution is -0.129. The highest BCUT2D eigenvalue weighted by molar-refractivity contribution is 8.15. The second-order valence-corrected chi connectivity index (χ2v) is 14.4. The van der Waals surface area contributed by atoms with Gasteiger partial charge < -0.3 is 14.2 Å². The third-order valence-electron chi connectivity index (χ3n) is 9.33. The minimum Gasteiger partial charge on any atom is -0.491 e. The van der Waals surface area contributed by atoms with Gasteiger partial charge in [0.2, 0.25) is 5.91 Å². The molecule has 52 heavy (non-hydrogen) atoms. The smallest absolute Gasteiger partial charge is 0.410 e. The molecule has 264 valence electrons. The van der Waals surface area contributed by atoms with Crippen molar-refractivity contribution in [2.45, 2.75) is 36.3 Å². The molecular formula is C42H37ClN2O6S. The molecule has 8 nitrogen and oxygen atoms in total. The monoisotopic (exact) mass is 732 g/mol. The molecule has 10 heteroatoms. The number of carbonyl (C=O) groups is 3. The third-order valence-corrected chi connectivity index (χ3v) is 10.6. The highest BCUT2D eigenvalue weighted by atomic mass is 35.5. The first-order valence-corrected chi connectivity index (χ1v) is 18.4. The standard InChI is InChI=1S/C42H37ClN2O6S/c1-29(44-26-37(51-40(44)47)28-50-36-19-11-18-34(43)25-36)27-49-35-22-20-30(21-23-35)24-38-39(46)45(41(48)52-38)42(31-12-5-2-6-13-31,32-14-7-3-8-15-32)33-16-9-4-10-17-33/h2-23,25,29,37-38H,24,26-28H2,1H3/t29-,37-,38?/m1/s1. The summed E-state index contributed by atoms with van der Waals surface area (Å²) in [5.41, 5.74) is 2.23.